The van der Waals surface area contributed by atoms with E-state index >= 15 is 0 Å². The van der Waals surface area contributed by atoms with Gasteiger partial charge in [-0.15, -0.1) is 0 Å². The Balaban J connectivity index is 2.07. The van der Waals surface area contributed by atoms with Crippen molar-refractivity contribution in [3.8, 4) is 0 Å². The van der Waals surface area contributed by atoms with Crippen molar-refractivity contribution in [2.45, 2.75) is 45.8 Å². The maximum absolute atomic E-state index is 11.6. The van der Waals surface area contributed by atoms with Gasteiger partial charge in [-0.25, -0.2) is 0 Å². The molecule has 2 N–H and O–H groups in total. The second kappa shape index (κ2) is 7.94. The number of rotatable bonds is 8. The molecule has 1 unspecified atom stereocenters. The van der Waals surface area contributed by atoms with Gasteiger partial charge in [0.25, 0.3) is 0 Å². The van der Waals surface area contributed by atoms with Gasteiger partial charge in [-0.1, -0.05) is 26.7 Å². The third kappa shape index (κ3) is 5.87. The van der Waals surface area contributed by atoms with Crippen LogP contribution in [-0.2, 0) is 9.59 Å². The summed E-state index contributed by atoms with van der Waals surface area (Å²) in [5, 5.41) is 12.3. The Hall–Kier alpha value is -1.36. The van der Waals surface area contributed by atoms with Crippen LogP contribution >= 0.6 is 0 Å². The summed E-state index contributed by atoms with van der Waals surface area (Å²) < 4.78 is 0. The van der Waals surface area contributed by atoms with Crippen molar-refractivity contribution in [1.29, 1.82) is 0 Å². The number of nitrogens with one attached hydrogen (secondary N) is 1. The van der Waals surface area contributed by atoms with Crippen LogP contribution in [0.2, 0.25) is 0 Å². The predicted octanol–water partition coefficient (Wildman–Crippen LogP) is 1.04. The molecule has 1 rings (SSSR count). The van der Waals surface area contributed by atoms with E-state index in [2.05, 4.69) is 19.2 Å². The van der Waals surface area contributed by atoms with Gasteiger partial charge in [-0.2, -0.15) is 0 Å². The summed E-state index contributed by atoms with van der Waals surface area (Å²) >= 11 is 0. The zero-order valence-electron chi connectivity index (χ0n) is 11.8. The van der Waals surface area contributed by atoms with Gasteiger partial charge in [0.2, 0.25) is 11.8 Å². The van der Waals surface area contributed by atoms with Crippen LogP contribution in [0.3, 0.4) is 0 Å². The van der Waals surface area contributed by atoms with E-state index in [-0.39, 0.29) is 24.8 Å². The molecule has 0 saturated heterocycles. The van der Waals surface area contributed by atoms with Crippen LogP contribution in [0.5, 0.6) is 0 Å². The highest BCUT2D eigenvalue weighted by molar-refractivity contribution is 5.90. The molecule has 0 aromatic heterocycles. The van der Waals surface area contributed by atoms with Crippen molar-refractivity contribution < 1.29 is 14.7 Å². The molecule has 0 fully saturated rings. The van der Waals surface area contributed by atoms with E-state index in [0.717, 1.165) is 12.8 Å². The predicted molar refractivity (Wildman–Crippen MR) is 73.2 cm³/mol. The lowest BCUT2D eigenvalue weighted by molar-refractivity contribution is -0.131. The number of carbonyl (C=O) groups excluding carboxylic acids is 2. The molecule has 0 aliphatic carbocycles. The molecular formula is C14H24N2O3. The normalized spacial score (nSPS) is 18.4. The highest BCUT2D eigenvalue weighted by Gasteiger charge is 2.23. The quantitative estimate of drug-likeness (QED) is 0.646. The fourth-order valence-electron chi connectivity index (χ4n) is 1.96. The van der Waals surface area contributed by atoms with E-state index in [4.69, 9.17) is 0 Å². The van der Waals surface area contributed by atoms with Crippen LogP contribution in [0.25, 0.3) is 0 Å². The molecule has 0 aromatic rings. The third-order valence-electron chi connectivity index (χ3n) is 3.12. The molecule has 1 aliphatic rings. The molecule has 1 atom stereocenters. The van der Waals surface area contributed by atoms with E-state index in [1.54, 1.807) is 0 Å². The molecule has 2 amide bonds. The first-order valence-corrected chi connectivity index (χ1v) is 6.94. The first-order valence-electron chi connectivity index (χ1n) is 6.94. The van der Waals surface area contributed by atoms with Crippen molar-refractivity contribution in [2.24, 2.45) is 5.92 Å². The van der Waals surface area contributed by atoms with Crippen LogP contribution in [0.1, 0.15) is 39.5 Å². The summed E-state index contributed by atoms with van der Waals surface area (Å²) in [6, 6.07) is 0. The van der Waals surface area contributed by atoms with Crippen LogP contribution in [-0.4, -0.2) is 41.1 Å². The topological polar surface area (TPSA) is 69.6 Å². The number of unbranched alkanes of at least 4 members (excludes halogenated alkanes) is 1. The minimum Gasteiger partial charge on any atom is -0.370 e. The van der Waals surface area contributed by atoms with Gasteiger partial charge in [0.05, 0.1) is 0 Å². The van der Waals surface area contributed by atoms with Gasteiger partial charge in [-0.05, 0) is 18.4 Å². The maximum atomic E-state index is 11.6. The number of hydrogen-bond acceptors (Lipinski definition) is 3. The summed E-state index contributed by atoms with van der Waals surface area (Å²) in [4.78, 5) is 24.1. The fraction of sp³-hybridized carbons (Fsp3) is 0.714. The summed E-state index contributed by atoms with van der Waals surface area (Å²) in [5.74, 6) is 0.388. The summed E-state index contributed by atoms with van der Waals surface area (Å²) in [7, 11) is 0. The minimum absolute atomic E-state index is 0.0727. The molecule has 1 aliphatic heterocycles. The molecule has 5 heteroatoms. The van der Waals surface area contributed by atoms with Crippen LogP contribution < -0.4 is 5.32 Å². The van der Waals surface area contributed by atoms with Crippen molar-refractivity contribution >= 4 is 11.8 Å². The Morgan fingerprint density at radius 2 is 2.21 bits per heavy atom. The first-order chi connectivity index (χ1) is 9.00. The minimum atomic E-state index is -0.883. The average Bonchev–Trinajstić information content (AvgIpc) is 2.66. The largest absolute Gasteiger partial charge is 0.370 e. The molecule has 19 heavy (non-hydrogen) atoms. The lowest BCUT2D eigenvalue weighted by Crippen LogP contribution is -2.37. The van der Waals surface area contributed by atoms with Crippen molar-refractivity contribution in [2.75, 3.05) is 13.1 Å². The summed E-state index contributed by atoms with van der Waals surface area (Å²) in [6.45, 7) is 5.31. The Bertz CT molecular complexity index is 340. The molecule has 5 nitrogen and oxygen atoms in total. The van der Waals surface area contributed by atoms with Gasteiger partial charge >= 0.3 is 0 Å². The highest BCUT2D eigenvalue weighted by Crippen LogP contribution is 2.08. The molecule has 0 spiro atoms. The van der Waals surface area contributed by atoms with Gasteiger partial charge in [0.15, 0.2) is 0 Å². The number of amides is 2. The van der Waals surface area contributed by atoms with E-state index in [0.29, 0.717) is 12.5 Å². The molecule has 1 heterocycles. The lowest BCUT2D eigenvalue weighted by atomic mass is 10.1. The Morgan fingerprint density at radius 1 is 1.47 bits per heavy atom. The molecule has 0 bridgehead atoms. The smallest absolute Gasteiger partial charge is 0.248 e. The standard InChI is InChI=1S/C14H24N2O3/c1-11(2)5-3-4-9-15-12(17)8-10-16-13(18)6-7-14(16)19/h6-7,11,13,18H,3-5,8-10H2,1-2H3,(H,15,17). The number of aliphatic hydroxyl groups is 1. The molecule has 0 saturated carbocycles. The molecule has 108 valence electrons. The number of aliphatic hydroxyl groups excluding tert-OH is 1. The molecular weight excluding hydrogens is 244 g/mol. The van der Waals surface area contributed by atoms with Crippen LogP contribution in [0.15, 0.2) is 12.2 Å². The molecule has 0 radical (unpaired) electrons. The average molecular weight is 268 g/mol. The van der Waals surface area contributed by atoms with Gasteiger partial charge in [-0.3, -0.25) is 9.59 Å². The maximum Gasteiger partial charge on any atom is 0.248 e. The summed E-state index contributed by atoms with van der Waals surface area (Å²) in [5.41, 5.74) is 0. The van der Waals surface area contributed by atoms with Gasteiger partial charge in [0, 0.05) is 25.6 Å². The third-order valence-corrected chi connectivity index (χ3v) is 3.12. The van der Waals surface area contributed by atoms with Gasteiger partial charge in [0.1, 0.15) is 6.23 Å². The van der Waals surface area contributed by atoms with Gasteiger partial charge < -0.3 is 15.3 Å². The SMILES string of the molecule is CC(C)CCCCNC(=O)CCN1C(=O)C=CC1O. The zero-order chi connectivity index (χ0) is 14.3. The van der Waals surface area contributed by atoms with Crippen molar-refractivity contribution in [3.63, 3.8) is 0 Å². The monoisotopic (exact) mass is 268 g/mol. The highest BCUT2D eigenvalue weighted by atomic mass is 16.3. The Labute approximate surface area is 114 Å². The van der Waals surface area contributed by atoms with E-state index in [1.165, 1.54) is 23.5 Å². The number of hydrogen-bond donors (Lipinski definition) is 2. The number of nitrogens with zero attached hydrogens (tertiary/aromatic N) is 1. The van der Waals surface area contributed by atoms with Crippen LogP contribution in [0.4, 0.5) is 0 Å². The first kappa shape index (κ1) is 15.7. The van der Waals surface area contributed by atoms with E-state index in [1.807, 2.05) is 0 Å². The second-order valence-electron chi connectivity index (χ2n) is 5.29. The lowest BCUT2D eigenvalue weighted by Gasteiger charge is -2.19. The summed E-state index contributed by atoms with van der Waals surface area (Å²) in [6.07, 6.45) is 5.37. The Kier molecular flexibility index (Phi) is 6.56. The Morgan fingerprint density at radius 3 is 2.79 bits per heavy atom. The fourth-order valence-corrected chi connectivity index (χ4v) is 1.96. The zero-order valence-corrected chi connectivity index (χ0v) is 11.8. The van der Waals surface area contributed by atoms with Crippen molar-refractivity contribution in [1.82, 2.24) is 10.2 Å². The molecule has 0 aromatic carbocycles. The van der Waals surface area contributed by atoms with E-state index in [9.17, 15) is 14.7 Å². The second-order valence-corrected chi connectivity index (χ2v) is 5.29. The van der Waals surface area contributed by atoms with Crippen LogP contribution in [0, 0.1) is 5.92 Å². The van der Waals surface area contributed by atoms with E-state index < -0.39 is 6.23 Å². The van der Waals surface area contributed by atoms with Crippen molar-refractivity contribution in [3.05, 3.63) is 12.2 Å². The number of carbonyl (C=O) groups is 2.